The highest BCUT2D eigenvalue weighted by Crippen LogP contribution is 2.34. The second-order valence-electron chi connectivity index (χ2n) is 6.12. The third kappa shape index (κ3) is 2.22. The normalized spacial score (nSPS) is 16.9. The van der Waals surface area contributed by atoms with Gasteiger partial charge in [-0.2, -0.15) is 0 Å². The molecule has 1 aliphatic rings. The molecule has 6 nitrogen and oxygen atoms in total. The number of aromatic amines is 1. The van der Waals surface area contributed by atoms with Gasteiger partial charge >= 0.3 is 0 Å². The lowest BCUT2D eigenvalue weighted by Gasteiger charge is -2.35. The lowest BCUT2D eigenvalue weighted by molar-refractivity contribution is 0.0689. The highest BCUT2D eigenvalue weighted by Gasteiger charge is 2.35. The Hall–Kier alpha value is -2.89. The molecule has 1 aliphatic heterocycles. The zero-order valence-electron chi connectivity index (χ0n) is 13.7. The molecule has 0 saturated heterocycles. The predicted molar refractivity (Wildman–Crippen MR) is 89.6 cm³/mol. The standard InChI is InChI=1S/C18H19N5O/c1-12-14(5-9-22(12)2)18(24)23-10-6-15-16(21-11-20-15)17(23)13-3-7-19-8-4-13/h3-5,7-9,11,17H,6,10H2,1-2H3,(H,20,21)/t17-/m0/s1. The number of aryl methyl sites for hydroxylation is 1. The lowest BCUT2D eigenvalue weighted by Crippen LogP contribution is -2.41. The summed E-state index contributed by atoms with van der Waals surface area (Å²) in [6, 6.07) is 5.61. The molecule has 0 unspecified atom stereocenters. The van der Waals surface area contributed by atoms with Crippen LogP contribution < -0.4 is 0 Å². The van der Waals surface area contributed by atoms with Crippen LogP contribution in [0.2, 0.25) is 0 Å². The third-order valence-electron chi connectivity index (χ3n) is 4.82. The van der Waals surface area contributed by atoms with E-state index in [9.17, 15) is 4.79 Å². The maximum absolute atomic E-state index is 13.2. The van der Waals surface area contributed by atoms with Crippen molar-refractivity contribution in [2.45, 2.75) is 19.4 Å². The number of aromatic nitrogens is 4. The number of H-pyrrole nitrogens is 1. The van der Waals surface area contributed by atoms with E-state index in [4.69, 9.17) is 0 Å². The van der Waals surface area contributed by atoms with Gasteiger partial charge in [0.25, 0.3) is 5.91 Å². The van der Waals surface area contributed by atoms with E-state index in [-0.39, 0.29) is 11.9 Å². The van der Waals surface area contributed by atoms with Crippen LogP contribution in [0.1, 0.15) is 39.0 Å². The van der Waals surface area contributed by atoms with E-state index in [0.29, 0.717) is 6.54 Å². The SMILES string of the molecule is Cc1c(C(=O)N2CCc3[nH]cnc3[C@@H]2c2ccncc2)ccn1C. The van der Waals surface area contributed by atoms with Crippen LogP contribution in [0, 0.1) is 6.92 Å². The van der Waals surface area contributed by atoms with E-state index >= 15 is 0 Å². The van der Waals surface area contributed by atoms with Gasteiger partial charge in [0.15, 0.2) is 0 Å². The molecule has 0 saturated carbocycles. The third-order valence-corrected chi connectivity index (χ3v) is 4.82. The number of rotatable bonds is 2. The summed E-state index contributed by atoms with van der Waals surface area (Å²) < 4.78 is 1.97. The minimum atomic E-state index is -0.185. The topological polar surface area (TPSA) is 66.8 Å². The Balaban J connectivity index is 1.79. The van der Waals surface area contributed by atoms with Gasteiger partial charge in [0, 0.05) is 50.0 Å². The molecule has 1 amide bonds. The Kier molecular flexibility index (Phi) is 3.45. The molecule has 1 atom stereocenters. The number of carbonyl (C=O) groups is 1. The first-order chi connectivity index (χ1) is 11.7. The molecule has 0 bridgehead atoms. The van der Waals surface area contributed by atoms with Crippen molar-refractivity contribution in [3.63, 3.8) is 0 Å². The molecule has 4 heterocycles. The van der Waals surface area contributed by atoms with Crippen molar-refractivity contribution >= 4 is 5.91 Å². The molecular formula is C18H19N5O. The Morgan fingerprint density at radius 1 is 1.29 bits per heavy atom. The first kappa shape index (κ1) is 14.7. The van der Waals surface area contributed by atoms with Crippen LogP contribution in [0.3, 0.4) is 0 Å². The van der Waals surface area contributed by atoms with Crippen LogP contribution >= 0.6 is 0 Å². The highest BCUT2D eigenvalue weighted by atomic mass is 16.2. The zero-order chi connectivity index (χ0) is 16.7. The first-order valence-electron chi connectivity index (χ1n) is 8.01. The number of imidazole rings is 1. The largest absolute Gasteiger partial charge is 0.354 e. The highest BCUT2D eigenvalue weighted by molar-refractivity contribution is 5.96. The van der Waals surface area contributed by atoms with Crippen molar-refractivity contribution in [2.24, 2.45) is 7.05 Å². The fourth-order valence-corrected chi connectivity index (χ4v) is 3.37. The van der Waals surface area contributed by atoms with E-state index in [2.05, 4.69) is 15.0 Å². The molecule has 24 heavy (non-hydrogen) atoms. The van der Waals surface area contributed by atoms with Crippen LogP contribution in [0.15, 0.2) is 43.1 Å². The minimum absolute atomic E-state index is 0.0450. The van der Waals surface area contributed by atoms with E-state index in [1.807, 2.05) is 47.8 Å². The molecule has 1 N–H and O–H groups in total. The second-order valence-corrected chi connectivity index (χ2v) is 6.12. The number of carbonyl (C=O) groups excluding carboxylic acids is 1. The predicted octanol–water partition coefficient (Wildman–Crippen LogP) is 2.24. The number of pyridine rings is 1. The number of hydrogen-bond donors (Lipinski definition) is 1. The number of hydrogen-bond acceptors (Lipinski definition) is 3. The summed E-state index contributed by atoms with van der Waals surface area (Å²) in [5, 5.41) is 0. The summed E-state index contributed by atoms with van der Waals surface area (Å²) in [5.41, 5.74) is 4.77. The molecule has 3 aromatic heterocycles. The maximum Gasteiger partial charge on any atom is 0.256 e. The second kappa shape index (κ2) is 5.63. The average Bonchev–Trinajstić information content (AvgIpc) is 3.21. The Morgan fingerprint density at radius 3 is 2.79 bits per heavy atom. The van der Waals surface area contributed by atoms with Gasteiger partial charge in [-0.1, -0.05) is 0 Å². The molecule has 0 spiro atoms. The van der Waals surface area contributed by atoms with Crippen LogP contribution in [0.25, 0.3) is 0 Å². The van der Waals surface area contributed by atoms with Gasteiger partial charge in [0.2, 0.25) is 0 Å². The van der Waals surface area contributed by atoms with E-state index in [0.717, 1.165) is 34.6 Å². The number of nitrogens with one attached hydrogen (secondary N) is 1. The van der Waals surface area contributed by atoms with Crippen molar-refractivity contribution in [3.8, 4) is 0 Å². The zero-order valence-corrected chi connectivity index (χ0v) is 13.7. The fourth-order valence-electron chi connectivity index (χ4n) is 3.37. The fraction of sp³-hybridized carbons (Fsp3) is 0.278. The van der Waals surface area contributed by atoms with Crippen molar-refractivity contribution in [1.82, 2.24) is 24.4 Å². The summed E-state index contributed by atoms with van der Waals surface area (Å²) in [4.78, 5) is 26.9. The Bertz CT molecular complexity index is 880. The average molecular weight is 321 g/mol. The number of amides is 1. The summed E-state index contributed by atoms with van der Waals surface area (Å²) in [6.07, 6.45) is 7.93. The smallest absolute Gasteiger partial charge is 0.256 e. The van der Waals surface area contributed by atoms with E-state index in [1.54, 1.807) is 18.7 Å². The van der Waals surface area contributed by atoms with Gasteiger partial charge in [-0.05, 0) is 30.7 Å². The monoisotopic (exact) mass is 321 g/mol. The van der Waals surface area contributed by atoms with Gasteiger partial charge < -0.3 is 14.5 Å². The molecule has 0 aliphatic carbocycles. The molecule has 6 heteroatoms. The molecule has 0 fully saturated rings. The molecular weight excluding hydrogens is 302 g/mol. The first-order valence-corrected chi connectivity index (χ1v) is 8.01. The molecule has 0 aromatic carbocycles. The number of fused-ring (bicyclic) bond motifs is 1. The molecule has 4 rings (SSSR count). The minimum Gasteiger partial charge on any atom is -0.354 e. The van der Waals surface area contributed by atoms with Crippen molar-refractivity contribution in [1.29, 1.82) is 0 Å². The summed E-state index contributed by atoms with van der Waals surface area (Å²) in [5.74, 6) is 0.0450. The van der Waals surface area contributed by atoms with Crippen LogP contribution in [0.5, 0.6) is 0 Å². The van der Waals surface area contributed by atoms with Crippen LogP contribution in [-0.4, -0.2) is 36.9 Å². The van der Waals surface area contributed by atoms with Crippen molar-refractivity contribution < 1.29 is 4.79 Å². The molecule has 122 valence electrons. The molecule has 3 aromatic rings. The van der Waals surface area contributed by atoms with Gasteiger partial charge in [-0.25, -0.2) is 4.98 Å². The quantitative estimate of drug-likeness (QED) is 0.787. The van der Waals surface area contributed by atoms with Gasteiger partial charge in [0.05, 0.1) is 17.6 Å². The maximum atomic E-state index is 13.2. The van der Waals surface area contributed by atoms with Crippen molar-refractivity contribution in [2.75, 3.05) is 6.54 Å². The van der Waals surface area contributed by atoms with E-state index in [1.165, 1.54) is 0 Å². The molecule has 0 radical (unpaired) electrons. The van der Waals surface area contributed by atoms with Crippen LogP contribution in [0.4, 0.5) is 0 Å². The number of nitrogens with zero attached hydrogens (tertiary/aromatic N) is 4. The Morgan fingerprint density at radius 2 is 2.08 bits per heavy atom. The van der Waals surface area contributed by atoms with Gasteiger partial charge in [-0.15, -0.1) is 0 Å². The van der Waals surface area contributed by atoms with Gasteiger partial charge in [-0.3, -0.25) is 9.78 Å². The van der Waals surface area contributed by atoms with Gasteiger partial charge in [0.1, 0.15) is 6.04 Å². The summed E-state index contributed by atoms with van der Waals surface area (Å²) in [7, 11) is 1.95. The van der Waals surface area contributed by atoms with Crippen LogP contribution in [-0.2, 0) is 13.5 Å². The van der Waals surface area contributed by atoms with E-state index < -0.39 is 0 Å². The summed E-state index contributed by atoms with van der Waals surface area (Å²) >= 11 is 0. The Labute approximate surface area is 140 Å². The lowest BCUT2D eigenvalue weighted by atomic mass is 9.95. The van der Waals surface area contributed by atoms with Crippen molar-refractivity contribution in [3.05, 3.63) is 71.3 Å². The summed E-state index contributed by atoms with van der Waals surface area (Å²) in [6.45, 7) is 2.63.